The Balaban J connectivity index is 4.18. The Morgan fingerprint density at radius 2 is 1.81 bits per heavy atom. The molecule has 0 saturated carbocycles. The first-order valence-electron chi connectivity index (χ1n) is 8.49. The Labute approximate surface area is 130 Å². The van der Waals surface area contributed by atoms with E-state index in [1.165, 1.54) is 25.7 Å². The van der Waals surface area contributed by atoms with E-state index in [2.05, 4.69) is 19.2 Å². The fourth-order valence-electron chi connectivity index (χ4n) is 2.58. The molecule has 0 aliphatic carbocycles. The van der Waals surface area contributed by atoms with Crippen molar-refractivity contribution in [3.8, 4) is 0 Å². The molecule has 0 radical (unpaired) electrons. The molecule has 0 aromatic carbocycles. The molecule has 3 atom stereocenters. The first-order chi connectivity index (χ1) is 9.85. The molecule has 4 heteroatoms. The smallest absolute Gasteiger partial charge is 0.323 e. The Hall–Kier alpha value is -0.610. The number of unbranched alkanes of at least 4 members (excludes halogenated alkanes) is 3. The molecule has 0 aromatic heterocycles. The third kappa shape index (κ3) is 9.10. The third-order valence-corrected chi connectivity index (χ3v) is 3.86. The lowest BCUT2D eigenvalue weighted by atomic mass is 9.94. The number of nitrogens with one attached hydrogen (secondary N) is 1. The van der Waals surface area contributed by atoms with Gasteiger partial charge in [0.15, 0.2) is 0 Å². The van der Waals surface area contributed by atoms with E-state index in [0.717, 1.165) is 12.8 Å². The summed E-state index contributed by atoms with van der Waals surface area (Å²) < 4.78 is 5.95. The zero-order valence-corrected chi connectivity index (χ0v) is 14.6. The molecule has 0 amide bonds. The largest absolute Gasteiger partial charge is 0.480 e. The lowest BCUT2D eigenvalue weighted by Gasteiger charge is -2.30. The molecule has 0 rings (SSSR count). The van der Waals surface area contributed by atoms with Crippen LogP contribution >= 0.6 is 0 Å². The van der Waals surface area contributed by atoms with E-state index >= 15 is 0 Å². The van der Waals surface area contributed by atoms with Gasteiger partial charge in [0, 0.05) is 6.42 Å². The second kappa shape index (κ2) is 11.0. The van der Waals surface area contributed by atoms with E-state index in [4.69, 9.17) is 4.74 Å². The van der Waals surface area contributed by atoms with Gasteiger partial charge < -0.3 is 15.2 Å². The molecule has 2 N–H and O–H groups in total. The Morgan fingerprint density at radius 3 is 2.33 bits per heavy atom. The monoisotopic (exact) mass is 301 g/mol. The summed E-state index contributed by atoms with van der Waals surface area (Å²) in [6.07, 6.45) is 7.56. The lowest BCUT2D eigenvalue weighted by molar-refractivity contribution is -0.146. The van der Waals surface area contributed by atoms with E-state index in [-0.39, 0.29) is 12.2 Å². The highest BCUT2D eigenvalue weighted by atomic mass is 16.5. The van der Waals surface area contributed by atoms with Crippen LogP contribution in [0.4, 0.5) is 0 Å². The van der Waals surface area contributed by atoms with Gasteiger partial charge in [-0.25, -0.2) is 0 Å². The van der Waals surface area contributed by atoms with Crippen LogP contribution in [0.1, 0.15) is 79.6 Å². The van der Waals surface area contributed by atoms with Crippen molar-refractivity contribution < 1.29 is 14.6 Å². The first-order valence-corrected chi connectivity index (χ1v) is 8.49. The van der Waals surface area contributed by atoms with Crippen molar-refractivity contribution in [3.05, 3.63) is 0 Å². The number of ether oxygens (including phenoxy) is 1. The maximum atomic E-state index is 11.5. The second-order valence-corrected chi connectivity index (χ2v) is 6.37. The molecule has 126 valence electrons. The SMILES string of the molecule is CCCCCCC(C)OC(C)CC(C)(NCCC)C(=O)O. The van der Waals surface area contributed by atoms with Crippen molar-refractivity contribution in [2.24, 2.45) is 0 Å². The molecule has 0 aliphatic heterocycles. The van der Waals surface area contributed by atoms with Gasteiger partial charge in [0.05, 0.1) is 12.2 Å². The fourth-order valence-corrected chi connectivity index (χ4v) is 2.58. The Bertz CT molecular complexity index is 283. The van der Waals surface area contributed by atoms with Crippen molar-refractivity contribution in [1.82, 2.24) is 5.32 Å². The summed E-state index contributed by atoms with van der Waals surface area (Å²) in [6, 6.07) is 0. The maximum Gasteiger partial charge on any atom is 0.323 e. The highest BCUT2D eigenvalue weighted by molar-refractivity contribution is 5.78. The van der Waals surface area contributed by atoms with Gasteiger partial charge in [-0.3, -0.25) is 4.79 Å². The van der Waals surface area contributed by atoms with Crippen molar-refractivity contribution in [2.45, 2.75) is 97.3 Å². The highest BCUT2D eigenvalue weighted by Crippen LogP contribution is 2.18. The van der Waals surface area contributed by atoms with Gasteiger partial charge in [-0.1, -0.05) is 39.5 Å². The average Bonchev–Trinajstić information content (AvgIpc) is 2.41. The predicted octanol–water partition coefficient (Wildman–Crippen LogP) is 3.98. The second-order valence-electron chi connectivity index (χ2n) is 6.37. The summed E-state index contributed by atoms with van der Waals surface area (Å²) in [6.45, 7) is 10.8. The van der Waals surface area contributed by atoms with Gasteiger partial charge in [-0.2, -0.15) is 0 Å². The van der Waals surface area contributed by atoms with Crippen molar-refractivity contribution in [3.63, 3.8) is 0 Å². The number of carboxylic acid groups (broad SMARTS) is 1. The van der Waals surface area contributed by atoms with Gasteiger partial charge in [0.2, 0.25) is 0 Å². The van der Waals surface area contributed by atoms with Gasteiger partial charge >= 0.3 is 5.97 Å². The molecule has 21 heavy (non-hydrogen) atoms. The lowest BCUT2D eigenvalue weighted by Crippen LogP contribution is -2.52. The van der Waals surface area contributed by atoms with Crippen LogP contribution in [0.5, 0.6) is 0 Å². The highest BCUT2D eigenvalue weighted by Gasteiger charge is 2.34. The van der Waals surface area contributed by atoms with Crippen LogP contribution in [0.15, 0.2) is 0 Å². The molecule has 0 aromatic rings. The van der Waals surface area contributed by atoms with Gasteiger partial charge in [0.25, 0.3) is 0 Å². The van der Waals surface area contributed by atoms with Crippen molar-refractivity contribution in [1.29, 1.82) is 0 Å². The van der Waals surface area contributed by atoms with Crippen LogP contribution < -0.4 is 5.32 Å². The first kappa shape index (κ1) is 20.4. The third-order valence-electron chi connectivity index (χ3n) is 3.86. The van der Waals surface area contributed by atoms with Crippen molar-refractivity contribution >= 4 is 5.97 Å². The number of carbonyl (C=O) groups is 1. The van der Waals surface area contributed by atoms with E-state index in [9.17, 15) is 9.90 Å². The summed E-state index contributed by atoms with van der Waals surface area (Å²) in [7, 11) is 0. The van der Waals surface area contributed by atoms with Crippen LogP contribution in [0, 0.1) is 0 Å². The molecule has 0 fully saturated rings. The number of carboxylic acids is 1. The summed E-state index contributed by atoms with van der Waals surface area (Å²) in [4.78, 5) is 11.5. The minimum Gasteiger partial charge on any atom is -0.480 e. The number of rotatable bonds is 13. The molecular formula is C17H35NO3. The standard InChI is InChI=1S/C17H35NO3/c1-6-8-9-10-11-14(3)21-15(4)13-17(5,16(19)20)18-12-7-2/h14-15,18H,6-13H2,1-5H3,(H,19,20). The van der Waals surface area contributed by atoms with Gasteiger partial charge in [0.1, 0.15) is 5.54 Å². The van der Waals surface area contributed by atoms with E-state index < -0.39 is 11.5 Å². The molecule has 4 nitrogen and oxygen atoms in total. The van der Waals surface area contributed by atoms with E-state index in [0.29, 0.717) is 13.0 Å². The zero-order chi connectivity index (χ0) is 16.3. The zero-order valence-electron chi connectivity index (χ0n) is 14.6. The predicted molar refractivity (Wildman–Crippen MR) is 87.7 cm³/mol. The Kier molecular flexibility index (Phi) is 10.7. The molecule has 3 unspecified atom stereocenters. The minimum absolute atomic E-state index is 0.0587. The molecular weight excluding hydrogens is 266 g/mol. The van der Waals surface area contributed by atoms with Crippen LogP contribution in [0.3, 0.4) is 0 Å². The molecule has 0 aliphatic rings. The van der Waals surface area contributed by atoms with E-state index in [1.807, 2.05) is 13.8 Å². The van der Waals surface area contributed by atoms with Gasteiger partial charge in [-0.15, -0.1) is 0 Å². The van der Waals surface area contributed by atoms with Crippen molar-refractivity contribution in [2.75, 3.05) is 6.54 Å². The van der Waals surface area contributed by atoms with Crippen LogP contribution in [-0.4, -0.2) is 35.4 Å². The quantitative estimate of drug-likeness (QED) is 0.505. The summed E-state index contributed by atoms with van der Waals surface area (Å²) in [5, 5.41) is 12.6. The van der Waals surface area contributed by atoms with Crippen LogP contribution in [-0.2, 0) is 9.53 Å². The molecule has 0 bridgehead atoms. The number of hydrogen-bond acceptors (Lipinski definition) is 3. The van der Waals surface area contributed by atoms with Gasteiger partial charge in [-0.05, 0) is 40.2 Å². The van der Waals surface area contributed by atoms with Crippen LogP contribution in [0.2, 0.25) is 0 Å². The number of aliphatic carboxylic acids is 1. The average molecular weight is 301 g/mol. The molecule has 0 saturated heterocycles. The topological polar surface area (TPSA) is 58.6 Å². The maximum absolute atomic E-state index is 11.5. The van der Waals surface area contributed by atoms with Crippen LogP contribution in [0.25, 0.3) is 0 Å². The summed E-state index contributed by atoms with van der Waals surface area (Å²) in [5.74, 6) is -0.804. The summed E-state index contributed by atoms with van der Waals surface area (Å²) >= 11 is 0. The molecule has 0 heterocycles. The fraction of sp³-hybridized carbons (Fsp3) is 0.941. The minimum atomic E-state index is -0.905. The summed E-state index contributed by atoms with van der Waals surface area (Å²) in [5.41, 5.74) is -0.905. The molecule has 0 spiro atoms. The Morgan fingerprint density at radius 1 is 1.14 bits per heavy atom. The van der Waals surface area contributed by atoms with E-state index in [1.54, 1.807) is 6.92 Å². The normalized spacial score (nSPS) is 17.2. The number of hydrogen-bond donors (Lipinski definition) is 2.